The second kappa shape index (κ2) is 19.2. The molecule has 12 aromatic carbocycles. The Morgan fingerprint density at radius 1 is 0.357 bits per heavy atom. The molecule has 17 rings (SSSR count). The molecule has 0 radical (unpaired) electrons. The summed E-state index contributed by atoms with van der Waals surface area (Å²) in [7, 11) is 0. The van der Waals surface area contributed by atoms with Crippen molar-refractivity contribution in [3.63, 3.8) is 0 Å². The van der Waals surface area contributed by atoms with Crippen molar-refractivity contribution in [1.29, 1.82) is 0 Å². The monoisotopic (exact) mass is 1120 g/mol. The van der Waals surface area contributed by atoms with Crippen molar-refractivity contribution in [3.8, 4) is 78.9 Å². The van der Waals surface area contributed by atoms with Gasteiger partial charge in [-0.25, -0.2) is 19.8 Å². The van der Waals surface area contributed by atoms with Crippen LogP contribution in [0.3, 0.4) is 0 Å². The van der Waals surface area contributed by atoms with E-state index in [0.717, 1.165) is 78.8 Å². The van der Waals surface area contributed by atoms with Crippen molar-refractivity contribution in [3.05, 3.63) is 278 Å². The molecule has 0 fully saturated rings. The van der Waals surface area contributed by atoms with Crippen molar-refractivity contribution in [2.24, 2.45) is 0 Å². The minimum Gasteiger partial charge on any atom is -0.318 e. The number of rotatable bonds is 8. The van der Waals surface area contributed by atoms with E-state index < -0.39 is 119 Å². The summed E-state index contributed by atoms with van der Waals surface area (Å²) < 4.78 is 147. The molecule has 0 saturated heterocycles. The maximum atomic E-state index is 10.3. The maximum Gasteiger partial charge on any atom is 0.212 e. The highest BCUT2D eigenvalue weighted by atomic mass is 32.1. The lowest BCUT2D eigenvalue weighted by atomic mass is 9.94. The van der Waals surface area contributed by atoms with Crippen LogP contribution in [0.2, 0.25) is 0 Å². The smallest absolute Gasteiger partial charge is 0.212 e. The molecule has 0 N–H and O–H groups in total. The highest BCUT2D eigenvalue weighted by molar-refractivity contribution is 7.27. The van der Waals surface area contributed by atoms with Crippen LogP contribution in [0.4, 0.5) is 5.69 Å². The first-order valence-corrected chi connectivity index (χ1v) is 28.4. The number of nitrogens with zero attached hydrogens (tertiary/aromatic N) is 6. The average Bonchev–Trinajstić information content (AvgIpc) is 1.59. The molecule has 0 aliphatic heterocycles. The number of aromatic nitrogens is 5. The van der Waals surface area contributed by atoms with Crippen LogP contribution in [-0.4, -0.2) is 24.1 Å². The zero-order chi connectivity index (χ0) is 68.5. The van der Waals surface area contributed by atoms with Gasteiger partial charge in [-0.15, -0.1) is 22.7 Å². The molecule has 0 bridgehead atoms. The highest BCUT2D eigenvalue weighted by Crippen LogP contribution is 2.53. The molecule has 84 heavy (non-hydrogen) atoms. The number of fused-ring (bicyclic) bond motifs is 14. The molecule has 5 heterocycles. The largest absolute Gasteiger partial charge is 0.318 e. The number of thiophene rings is 2. The topological polar surface area (TPSA) is 52.9 Å². The molecule has 0 amide bonds. The van der Waals surface area contributed by atoms with E-state index in [2.05, 4.69) is 40.2 Å². The van der Waals surface area contributed by atoms with Gasteiger partial charge in [-0.05, 0) is 82.4 Å². The molecule has 390 valence electrons. The Morgan fingerprint density at radius 2 is 0.786 bits per heavy atom. The molecular formula is C76H44N6S2. The summed E-state index contributed by atoms with van der Waals surface area (Å²) in [6.07, 6.45) is 0. The molecule has 8 heteroatoms. The molecule has 17 aromatic rings. The van der Waals surface area contributed by atoms with E-state index in [1.54, 1.807) is 22.7 Å². The summed E-state index contributed by atoms with van der Waals surface area (Å²) >= 11 is 3.17. The lowest BCUT2D eigenvalue weighted by molar-refractivity contribution is 1.06. The predicted molar refractivity (Wildman–Crippen MR) is 353 cm³/mol. The van der Waals surface area contributed by atoms with Crippen molar-refractivity contribution >= 4 is 112 Å². The lowest BCUT2D eigenvalue weighted by Gasteiger charge is -2.24. The normalized spacial score (nSPS) is 14.3. The quantitative estimate of drug-likeness (QED) is 0.143. The van der Waals surface area contributed by atoms with Crippen LogP contribution in [0.1, 0.15) is 20.6 Å². The fraction of sp³-hybridized carbons (Fsp3) is 0. The second-order valence-electron chi connectivity index (χ2n) is 20.2. The first kappa shape index (κ1) is 35.1. The van der Waals surface area contributed by atoms with Crippen molar-refractivity contribution in [1.82, 2.24) is 24.1 Å². The molecule has 0 spiro atoms. The molecule has 0 unspecified atom stereocenters. The van der Waals surface area contributed by atoms with Gasteiger partial charge in [-0.1, -0.05) is 212 Å². The molecule has 6 nitrogen and oxygen atoms in total. The van der Waals surface area contributed by atoms with E-state index in [9.17, 15) is 17.5 Å². The Kier molecular flexibility index (Phi) is 8.01. The van der Waals surface area contributed by atoms with E-state index in [0.29, 0.717) is 27.5 Å². The van der Waals surface area contributed by atoms with Crippen LogP contribution in [0.15, 0.2) is 267 Å². The Labute approximate surface area is 511 Å². The summed E-state index contributed by atoms with van der Waals surface area (Å²) in [5, 5.41) is 6.93. The SMILES string of the molecule is [2H]c1c([2H])c([2H])c(-c2nc(-c3cc([N+]#[C-])c(-n4c5ccc(-c6ccccc6)cc5c5c6sc7ccccc7c6ccc54)c(-c4c([2H])c([2H])c([2H])c([2H])c4[2H])c3-n3c4ccc(-c5ccccc5)cc4c4c5sc6ccccc6c5ccc43)nc(-c3c([2H])c([2H])c([2H])c([2H])c3[2H])n2)c([2H])c1[2H]. The maximum absolute atomic E-state index is 10.3. The van der Waals surface area contributed by atoms with Crippen LogP contribution < -0.4 is 0 Å². The summed E-state index contributed by atoms with van der Waals surface area (Å²) in [6, 6.07) is 46.4. The van der Waals surface area contributed by atoms with Crippen LogP contribution in [0.25, 0.3) is 168 Å². The Hall–Kier alpha value is -10.8. The van der Waals surface area contributed by atoms with Gasteiger partial charge < -0.3 is 9.13 Å². The van der Waals surface area contributed by atoms with E-state index in [-0.39, 0.29) is 33.8 Å². The predicted octanol–water partition coefficient (Wildman–Crippen LogP) is 21.4. The van der Waals surface area contributed by atoms with Gasteiger partial charge in [0.05, 0.1) is 60.6 Å². The van der Waals surface area contributed by atoms with Crippen LogP contribution in [0.5, 0.6) is 0 Å². The van der Waals surface area contributed by atoms with Crippen molar-refractivity contribution in [2.75, 3.05) is 0 Å². The van der Waals surface area contributed by atoms with E-state index in [4.69, 9.17) is 19.6 Å². The van der Waals surface area contributed by atoms with E-state index >= 15 is 0 Å². The van der Waals surface area contributed by atoms with Gasteiger partial charge in [0.25, 0.3) is 0 Å². The third kappa shape index (κ3) is 7.43. The van der Waals surface area contributed by atoms with Gasteiger partial charge >= 0.3 is 0 Å². The Morgan fingerprint density at radius 3 is 1.27 bits per heavy atom. The number of hydrogen-bond acceptors (Lipinski definition) is 5. The van der Waals surface area contributed by atoms with Crippen LogP contribution in [0, 0.1) is 6.57 Å². The summed E-state index contributed by atoms with van der Waals surface area (Å²) in [6.45, 7) is 9.59. The van der Waals surface area contributed by atoms with Gasteiger partial charge in [0.15, 0.2) is 17.5 Å². The molecule has 0 aliphatic carbocycles. The zero-order valence-electron chi connectivity index (χ0n) is 58.7. The van der Waals surface area contributed by atoms with Gasteiger partial charge in [0.1, 0.15) is 0 Å². The van der Waals surface area contributed by atoms with Crippen molar-refractivity contribution in [2.45, 2.75) is 0 Å². The molecular weight excluding hydrogens is 1060 g/mol. The Bertz CT molecular complexity index is 6340. The second-order valence-corrected chi connectivity index (χ2v) is 22.3. The van der Waals surface area contributed by atoms with E-state index in [1.807, 2.05) is 149 Å². The third-order valence-electron chi connectivity index (χ3n) is 15.7. The molecule has 0 aliphatic rings. The minimum absolute atomic E-state index is 0.0212. The third-order valence-corrected chi connectivity index (χ3v) is 18.1. The number of benzene rings is 12. The van der Waals surface area contributed by atoms with Gasteiger partial charge in [0, 0.05) is 84.1 Å². The van der Waals surface area contributed by atoms with Gasteiger partial charge in [-0.3, -0.25) is 0 Å². The highest BCUT2D eigenvalue weighted by Gasteiger charge is 2.31. The van der Waals surface area contributed by atoms with Gasteiger partial charge in [-0.2, -0.15) is 0 Å². The average molecular weight is 1120 g/mol. The molecule has 0 atom stereocenters. The van der Waals surface area contributed by atoms with Crippen LogP contribution >= 0.6 is 22.7 Å². The fourth-order valence-corrected chi connectivity index (χ4v) is 14.6. The fourth-order valence-electron chi connectivity index (χ4n) is 12.1. The Balaban J connectivity index is 1.14. The lowest BCUT2D eigenvalue weighted by Crippen LogP contribution is -2.08. The van der Waals surface area contributed by atoms with Crippen LogP contribution in [-0.2, 0) is 0 Å². The first-order valence-electron chi connectivity index (χ1n) is 34.3. The summed E-state index contributed by atoms with van der Waals surface area (Å²) in [5.41, 5.74) is 4.01. The molecule has 5 aromatic heterocycles. The minimum atomic E-state index is -0.760. The van der Waals surface area contributed by atoms with Gasteiger partial charge in [0.2, 0.25) is 5.69 Å². The first-order chi connectivity index (χ1) is 47.8. The zero-order valence-corrected chi connectivity index (χ0v) is 45.4. The number of hydrogen-bond donors (Lipinski definition) is 0. The summed E-state index contributed by atoms with van der Waals surface area (Å²) in [5.74, 6) is -1.62. The molecule has 0 saturated carbocycles. The standard InChI is InChI=1S/C76H44N6S2/c1-77-60-45-59(76-79-74(49-27-13-5-14-28-49)78-75(80-76)50-29-15-6-16-30-50)70(81-61-39-35-51(46-21-7-2-8-22-46)43-57(61)68-63(81)41-37-55-53-31-17-19-33-65(53)83-72(55)68)67(48-25-11-4-12-26-48)71(60)82-62-40-36-52(47-23-9-3-10-24-47)44-58(62)69-64(82)42-38-56-54-32-18-20-34-66(54)84-73(56)69/h2-45H/i4D,5D,6D,11D,12D,13D,14D,15D,16D,25D,26D,27D,28D,29D,30D. The van der Waals surface area contributed by atoms with E-state index in [1.165, 1.54) is 6.07 Å². The summed E-state index contributed by atoms with van der Waals surface area (Å²) in [4.78, 5) is 19.1. The van der Waals surface area contributed by atoms with Crippen molar-refractivity contribution < 1.29 is 20.6 Å².